The quantitative estimate of drug-likeness (QED) is 0.719. The smallest absolute Gasteiger partial charge is 0.249 e. The van der Waals surface area contributed by atoms with Crippen molar-refractivity contribution in [2.45, 2.75) is 12.5 Å². The van der Waals surface area contributed by atoms with Gasteiger partial charge in [0.1, 0.15) is 17.7 Å². The molecule has 0 saturated carbocycles. The van der Waals surface area contributed by atoms with E-state index >= 15 is 0 Å². The number of nitrogens with one attached hydrogen (secondary N) is 2. The summed E-state index contributed by atoms with van der Waals surface area (Å²) in [4.78, 5) is 24.9. The van der Waals surface area contributed by atoms with Crippen LogP contribution < -0.4 is 10.6 Å². The molecule has 0 fully saturated rings. The molecule has 2 N–H and O–H groups in total. The Balaban J connectivity index is 1.65. The molecule has 0 radical (unpaired) electrons. The van der Waals surface area contributed by atoms with E-state index in [4.69, 9.17) is 11.6 Å². The summed E-state index contributed by atoms with van der Waals surface area (Å²) in [6.07, 6.45) is 1.56. The van der Waals surface area contributed by atoms with E-state index in [0.717, 1.165) is 11.1 Å². The molecule has 2 heterocycles. The number of hydrogen-bond acceptors (Lipinski definition) is 3. The number of fused-ring (bicyclic) bond motifs is 1. The van der Waals surface area contributed by atoms with Gasteiger partial charge in [0.2, 0.25) is 11.8 Å². The molecular weight excluding hydrogens is 371 g/mol. The summed E-state index contributed by atoms with van der Waals surface area (Å²) in [6.45, 7) is 0. The molecule has 136 valence electrons. The molecule has 1 aliphatic heterocycles. The first kappa shape index (κ1) is 17.2. The Labute approximate surface area is 158 Å². The van der Waals surface area contributed by atoms with E-state index in [1.807, 2.05) is 30.3 Å². The van der Waals surface area contributed by atoms with Crippen molar-refractivity contribution in [1.82, 2.24) is 9.78 Å². The number of halogens is 2. The number of rotatable bonds is 3. The average Bonchev–Trinajstić information content (AvgIpc) is 3.08. The Kier molecular flexibility index (Phi) is 4.37. The minimum absolute atomic E-state index is 0.0519. The fourth-order valence-electron chi connectivity index (χ4n) is 3.00. The van der Waals surface area contributed by atoms with Gasteiger partial charge in [-0.1, -0.05) is 41.9 Å². The topological polar surface area (TPSA) is 76.0 Å². The van der Waals surface area contributed by atoms with Crippen LogP contribution in [0.4, 0.5) is 15.9 Å². The van der Waals surface area contributed by atoms with E-state index in [9.17, 15) is 14.0 Å². The maximum absolute atomic E-state index is 13.3. The number of carbonyl (C=O) groups is 2. The third-order valence-corrected chi connectivity index (χ3v) is 4.59. The van der Waals surface area contributed by atoms with Gasteiger partial charge in [0.15, 0.2) is 0 Å². The van der Waals surface area contributed by atoms with E-state index < -0.39 is 17.8 Å². The molecule has 2 aromatic carbocycles. The van der Waals surface area contributed by atoms with E-state index in [-0.39, 0.29) is 17.4 Å². The zero-order valence-corrected chi connectivity index (χ0v) is 14.7. The van der Waals surface area contributed by atoms with Crippen molar-refractivity contribution in [1.29, 1.82) is 0 Å². The van der Waals surface area contributed by atoms with Crippen LogP contribution in [0.3, 0.4) is 0 Å². The summed E-state index contributed by atoms with van der Waals surface area (Å²) in [5, 5.41) is 9.64. The van der Waals surface area contributed by atoms with Gasteiger partial charge >= 0.3 is 0 Å². The molecule has 4 rings (SSSR count). The van der Waals surface area contributed by atoms with E-state index in [2.05, 4.69) is 15.7 Å². The summed E-state index contributed by atoms with van der Waals surface area (Å²) >= 11 is 5.75. The largest absolute Gasteiger partial charge is 0.324 e. The first-order valence-electron chi connectivity index (χ1n) is 8.21. The van der Waals surface area contributed by atoms with E-state index in [1.54, 1.807) is 6.20 Å². The van der Waals surface area contributed by atoms with Crippen molar-refractivity contribution in [3.05, 3.63) is 65.6 Å². The maximum Gasteiger partial charge on any atom is 0.249 e. The number of aromatic nitrogens is 2. The molecule has 8 heteroatoms. The minimum Gasteiger partial charge on any atom is -0.324 e. The van der Waals surface area contributed by atoms with Gasteiger partial charge in [-0.3, -0.25) is 9.59 Å². The Morgan fingerprint density at radius 2 is 2.04 bits per heavy atom. The van der Waals surface area contributed by atoms with Crippen molar-refractivity contribution in [2.24, 2.45) is 0 Å². The fourth-order valence-corrected chi connectivity index (χ4v) is 3.18. The summed E-state index contributed by atoms with van der Waals surface area (Å²) < 4.78 is 14.8. The molecule has 0 unspecified atom stereocenters. The number of amides is 2. The van der Waals surface area contributed by atoms with Crippen LogP contribution >= 0.6 is 11.6 Å². The van der Waals surface area contributed by atoms with Crippen LogP contribution in [-0.4, -0.2) is 21.6 Å². The molecule has 2 amide bonds. The SMILES string of the molecule is O=C1C[C@H](C(=O)Nc2ccc(F)c(Cl)c2)n2ncc(-c3ccccc3)c2N1. The lowest BCUT2D eigenvalue weighted by Gasteiger charge is -2.24. The van der Waals surface area contributed by atoms with Crippen molar-refractivity contribution >= 4 is 34.9 Å². The summed E-state index contributed by atoms with van der Waals surface area (Å²) in [5.74, 6) is -0.822. The Hall–Kier alpha value is -3.19. The fraction of sp³-hybridized carbons (Fsp3) is 0.105. The van der Waals surface area contributed by atoms with Crippen LogP contribution in [0.15, 0.2) is 54.7 Å². The Bertz CT molecular complexity index is 1040. The third kappa shape index (κ3) is 3.29. The third-order valence-electron chi connectivity index (χ3n) is 4.30. The average molecular weight is 385 g/mol. The molecular formula is C19H14ClFN4O2. The Morgan fingerprint density at radius 1 is 1.26 bits per heavy atom. The van der Waals surface area contributed by atoms with Gasteiger partial charge in [0.25, 0.3) is 0 Å². The zero-order valence-electron chi connectivity index (χ0n) is 13.9. The number of benzene rings is 2. The van der Waals surface area contributed by atoms with Gasteiger partial charge in [-0.15, -0.1) is 0 Å². The molecule has 6 nitrogen and oxygen atoms in total. The number of anilines is 2. The lowest BCUT2D eigenvalue weighted by atomic mass is 10.1. The molecule has 1 aromatic heterocycles. The van der Waals surface area contributed by atoms with Gasteiger partial charge in [-0.2, -0.15) is 5.10 Å². The summed E-state index contributed by atoms with van der Waals surface area (Å²) in [5.41, 5.74) is 1.95. The van der Waals surface area contributed by atoms with Crippen molar-refractivity contribution in [3.63, 3.8) is 0 Å². The van der Waals surface area contributed by atoms with Crippen LogP contribution in [0.2, 0.25) is 5.02 Å². The van der Waals surface area contributed by atoms with Crippen LogP contribution in [0.25, 0.3) is 11.1 Å². The molecule has 1 aliphatic rings. The zero-order chi connectivity index (χ0) is 19.0. The maximum atomic E-state index is 13.3. The van der Waals surface area contributed by atoms with Crippen LogP contribution in [0, 0.1) is 5.82 Å². The summed E-state index contributed by atoms with van der Waals surface area (Å²) in [6, 6.07) is 12.5. The molecule has 0 saturated heterocycles. The lowest BCUT2D eigenvalue weighted by Crippen LogP contribution is -2.35. The summed E-state index contributed by atoms with van der Waals surface area (Å²) in [7, 11) is 0. The van der Waals surface area contributed by atoms with Crippen LogP contribution in [-0.2, 0) is 9.59 Å². The highest BCUT2D eigenvalue weighted by Crippen LogP contribution is 2.34. The van der Waals surface area contributed by atoms with Crippen molar-refractivity contribution in [3.8, 4) is 11.1 Å². The molecule has 0 spiro atoms. The highest BCUT2D eigenvalue weighted by molar-refractivity contribution is 6.31. The van der Waals surface area contributed by atoms with Gasteiger partial charge in [-0.05, 0) is 23.8 Å². The lowest BCUT2D eigenvalue weighted by molar-refractivity contribution is -0.125. The number of carbonyl (C=O) groups excluding carboxylic acids is 2. The van der Waals surface area contributed by atoms with Crippen molar-refractivity contribution in [2.75, 3.05) is 10.6 Å². The van der Waals surface area contributed by atoms with Crippen molar-refractivity contribution < 1.29 is 14.0 Å². The second kappa shape index (κ2) is 6.85. The molecule has 0 aliphatic carbocycles. The number of nitrogens with zero attached hydrogens (tertiary/aromatic N) is 2. The van der Waals surface area contributed by atoms with Gasteiger partial charge in [0, 0.05) is 11.3 Å². The first-order chi connectivity index (χ1) is 13.0. The predicted molar refractivity (Wildman–Crippen MR) is 100.0 cm³/mol. The van der Waals surface area contributed by atoms with E-state index in [1.165, 1.54) is 22.9 Å². The first-order valence-corrected chi connectivity index (χ1v) is 8.59. The van der Waals surface area contributed by atoms with Gasteiger partial charge in [0.05, 0.1) is 17.6 Å². The molecule has 27 heavy (non-hydrogen) atoms. The molecule has 1 atom stereocenters. The Morgan fingerprint density at radius 3 is 2.78 bits per heavy atom. The predicted octanol–water partition coefficient (Wildman–Crippen LogP) is 3.86. The molecule has 3 aromatic rings. The normalized spacial score (nSPS) is 15.8. The second-order valence-corrected chi connectivity index (χ2v) is 6.51. The van der Waals surface area contributed by atoms with Crippen LogP contribution in [0.1, 0.15) is 12.5 Å². The van der Waals surface area contributed by atoms with Gasteiger partial charge in [-0.25, -0.2) is 9.07 Å². The van der Waals surface area contributed by atoms with Gasteiger partial charge < -0.3 is 10.6 Å². The highest BCUT2D eigenvalue weighted by atomic mass is 35.5. The monoisotopic (exact) mass is 384 g/mol. The number of hydrogen-bond donors (Lipinski definition) is 2. The minimum atomic E-state index is -0.824. The highest BCUT2D eigenvalue weighted by Gasteiger charge is 2.33. The molecule has 0 bridgehead atoms. The van der Waals surface area contributed by atoms with Crippen LogP contribution in [0.5, 0.6) is 0 Å². The van der Waals surface area contributed by atoms with E-state index in [0.29, 0.717) is 11.5 Å². The standard InChI is InChI=1S/C19H14ClFN4O2/c20-14-8-12(6-7-15(14)21)23-19(27)16-9-17(26)24-18-13(10-22-25(16)18)11-4-2-1-3-5-11/h1-8,10,16H,9H2,(H,23,27)(H,24,26)/t16-/m1/s1. The second-order valence-electron chi connectivity index (χ2n) is 6.10.